The number of pyridine rings is 1. The maximum Gasteiger partial charge on any atom is 0.270 e. The fraction of sp³-hybridized carbons (Fsp3) is 0.346. The lowest BCUT2D eigenvalue weighted by atomic mass is 9.99. The minimum absolute atomic E-state index is 0.109. The molecule has 1 aromatic carbocycles. The second-order valence-electron chi connectivity index (χ2n) is 8.98. The number of thiophene rings is 1. The van der Waals surface area contributed by atoms with Gasteiger partial charge < -0.3 is 10.1 Å². The van der Waals surface area contributed by atoms with Crippen molar-refractivity contribution in [1.29, 1.82) is 0 Å². The molecule has 1 fully saturated rings. The molecule has 2 atom stereocenters. The molecule has 6 nitrogen and oxygen atoms in total. The summed E-state index contributed by atoms with van der Waals surface area (Å²) in [5.74, 6) is -0.109. The van der Waals surface area contributed by atoms with Crippen LogP contribution in [0.4, 0.5) is 0 Å². The number of amides is 1. The Bertz CT molecular complexity index is 1270. The lowest BCUT2D eigenvalue weighted by molar-refractivity contribution is -0.0408. The number of ether oxygens (including phenoxy) is 1. The molecule has 0 saturated carbocycles. The third-order valence-corrected chi connectivity index (χ3v) is 7.12. The molecule has 4 aromatic rings. The molecule has 3 aromatic heterocycles. The van der Waals surface area contributed by atoms with Crippen molar-refractivity contribution >= 4 is 27.5 Å². The minimum atomic E-state index is -0.109. The molecule has 1 saturated heterocycles. The van der Waals surface area contributed by atoms with Gasteiger partial charge in [-0.25, -0.2) is 4.98 Å². The van der Waals surface area contributed by atoms with Crippen molar-refractivity contribution in [3.8, 4) is 11.1 Å². The van der Waals surface area contributed by atoms with E-state index in [1.165, 1.54) is 5.56 Å². The van der Waals surface area contributed by atoms with E-state index in [0.29, 0.717) is 5.69 Å². The van der Waals surface area contributed by atoms with Crippen LogP contribution in [0, 0.1) is 0 Å². The van der Waals surface area contributed by atoms with Crippen LogP contribution >= 0.6 is 11.3 Å². The maximum atomic E-state index is 13.1. The van der Waals surface area contributed by atoms with Gasteiger partial charge in [-0.15, -0.1) is 11.3 Å². The van der Waals surface area contributed by atoms with Gasteiger partial charge in [-0.2, -0.15) is 5.10 Å². The monoisotopic (exact) mass is 460 g/mol. The Morgan fingerprint density at radius 3 is 2.61 bits per heavy atom. The summed E-state index contributed by atoms with van der Waals surface area (Å²) in [7, 11) is 1.92. The third kappa shape index (κ3) is 4.84. The van der Waals surface area contributed by atoms with Crippen LogP contribution in [-0.2, 0) is 18.2 Å². The molecule has 7 heteroatoms. The molecule has 1 aliphatic rings. The average molecular weight is 461 g/mol. The van der Waals surface area contributed by atoms with E-state index < -0.39 is 0 Å². The Balaban J connectivity index is 1.37. The number of rotatable bonds is 5. The van der Waals surface area contributed by atoms with Gasteiger partial charge in [-0.05, 0) is 67.3 Å². The predicted molar refractivity (Wildman–Crippen MR) is 132 cm³/mol. The summed E-state index contributed by atoms with van der Waals surface area (Å²) in [5, 5.41) is 9.48. The number of carbonyl (C=O) groups is 1. The van der Waals surface area contributed by atoms with Crippen LogP contribution < -0.4 is 5.32 Å². The van der Waals surface area contributed by atoms with Gasteiger partial charge in [0.2, 0.25) is 0 Å². The number of nitrogens with one attached hydrogen (secondary N) is 1. The van der Waals surface area contributed by atoms with Crippen LogP contribution in [0.25, 0.3) is 21.3 Å². The van der Waals surface area contributed by atoms with Crippen LogP contribution in [0.5, 0.6) is 0 Å². The predicted octanol–water partition coefficient (Wildman–Crippen LogP) is 4.97. The molecule has 2 unspecified atom stereocenters. The van der Waals surface area contributed by atoms with Crippen LogP contribution in [0.15, 0.2) is 54.2 Å². The van der Waals surface area contributed by atoms with E-state index in [0.717, 1.165) is 46.2 Å². The summed E-state index contributed by atoms with van der Waals surface area (Å²) in [6.07, 6.45) is 6.58. The van der Waals surface area contributed by atoms with E-state index in [-0.39, 0.29) is 24.2 Å². The highest BCUT2D eigenvalue weighted by Gasteiger charge is 2.26. The first kappa shape index (κ1) is 21.8. The zero-order chi connectivity index (χ0) is 22.9. The van der Waals surface area contributed by atoms with Gasteiger partial charge in [0.25, 0.3) is 5.91 Å². The lowest BCUT2D eigenvalue weighted by Gasteiger charge is -2.32. The summed E-state index contributed by atoms with van der Waals surface area (Å²) in [5.41, 5.74) is 5.93. The Morgan fingerprint density at radius 1 is 1.15 bits per heavy atom. The number of fused-ring (bicyclic) bond motifs is 1. The second-order valence-corrected chi connectivity index (χ2v) is 9.89. The summed E-state index contributed by atoms with van der Waals surface area (Å²) in [4.78, 5) is 17.7. The fourth-order valence-corrected chi connectivity index (χ4v) is 5.51. The molecule has 4 heterocycles. The van der Waals surface area contributed by atoms with E-state index in [4.69, 9.17) is 4.74 Å². The van der Waals surface area contributed by atoms with Gasteiger partial charge in [0.1, 0.15) is 5.69 Å². The molecule has 1 N–H and O–H groups in total. The molecule has 1 amide bonds. The van der Waals surface area contributed by atoms with Crippen LogP contribution in [0.2, 0.25) is 0 Å². The molecule has 170 valence electrons. The van der Waals surface area contributed by atoms with Crippen LogP contribution in [0.3, 0.4) is 0 Å². The SMILES string of the molecule is CC1CC(NC(=O)c2cc(Cc3ccc(-c4cnn(C)c4)cc3)c3sccc3n2)CC(C)O1. The molecule has 0 radical (unpaired) electrons. The molecule has 33 heavy (non-hydrogen) atoms. The molecule has 0 bridgehead atoms. The van der Waals surface area contributed by atoms with Crippen molar-refractivity contribution in [2.45, 2.75) is 51.4 Å². The number of aryl methyl sites for hydroxylation is 1. The zero-order valence-corrected chi connectivity index (χ0v) is 19.9. The largest absolute Gasteiger partial charge is 0.375 e. The van der Waals surface area contributed by atoms with Crippen molar-refractivity contribution < 1.29 is 9.53 Å². The first-order chi connectivity index (χ1) is 15.9. The number of carbonyl (C=O) groups excluding carboxylic acids is 1. The van der Waals surface area contributed by atoms with Crippen molar-refractivity contribution in [1.82, 2.24) is 20.1 Å². The number of aromatic nitrogens is 3. The molecule has 1 aliphatic heterocycles. The second kappa shape index (κ2) is 9.08. The van der Waals surface area contributed by atoms with E-state index in [1.807, 2.05) is 41.6 Å². The van der Waals surface area contributed by atoms with Crippen molar-refractivity contribution in [3.63, 3.8) is 0 Å². The van der Waals surface area contributed by atoms with Crippen molar-refractivity contribution in [3.05, 3.63) is 71.0 Å². The van der Waals surface area contributed by atoms with E-state index >= 15 is 0 Å². The first-order valence-electron chi connectivity index (χ1n) is 11.4. The average Bonchev–Trinajstić information content (AvgIpc) is 3.42. The standard InChI is InChI=1S/C26H28N4O2S/c1-16-10-22(11-17(2)32-16)28-26(31)24-13-20(25-23(29-24)8-9-33-25)12-18-4-6-19(7-5-18)21-14-27-30(3)15-21/h4-9,13-17,22H,10-12H2,1-3H3,(H,28,31). The topological polar surface area (TPSA) is 69.0 Å². The summed E-state index contributed by atoms with van der Waals surface area (Å²) in [6.45, 7) is 4.12. The highest BCUT2D eigenvalue weighted by atomic mass is 32.1. The van der Waals surface area contributed by atoms with Gasteiger partial charge in [-0.3, -0.25) is 9.48 Å². The first-order valence-corrected chi connectivity index (χ1v) is 12.2. The zero-order valence-electron chi connectivity index (χ0n) is 19.1. The molecular weight excluding hydrogens is 432 g/mol. The van der Waals surface area contributed by atoms with Gasteiger partial charge in [0.15, 0.2) is 0 Å². The summed E-state index contributed by atoms with van der Waals surface area (Å²) < 4.78 is 8.75. The van der Waals surface area contributed by atoms with Crippen molar-refractivity contribution in [2.75, 3.05) is 0 Å². The summed E-state index contributed by atoms with van der Waals surface area (Å²) >= 11 is 1.67. The lowest BCUT2D eigenvalue weighted by Crippen LogP contribution is -2.44. The van der Waals surface area contributed by atoms with E-state index in [2.05, 4.69) is 53.5 Å². The molecule has 5 rings (SSSR count). The maximum absolute atomic E-state index is 13.1. The fourth-order valence-electron chi connectivity index (χ4n) is 4.66. The Morgan fingerprint density at radius 2 is 1.91 bits per heavy atom. The van der Waals surface area contributed by atoms with Crippen LogP contribution in [0.1, 0.15) is 48.3 Å². The van der Waals surface area contributed by atoms with Gasteiger partial charge in [-0.1, -0.05) is 24.3 Å². The quantitative estimate of drug-likeness (QED) is 0.456. The molecular formula is C26H28N4O2S. The number of hydrogen-bond acceptors (Lipinski definition) is 5. The number of nitrogens with zero attached hydrogens (tertiary/aromatic N) is 3. The normalized spacial score (nSPS) is 20.8. The van der Waals surface area contributed by atoms with E-state index in [1.54, 1.807) is 11.3 Å². The minimum Gasteiger partial charge on any atom is -0.375 e. The van der Waals surface area contributed by atoms with E-state index in [9.17, 15) is 4.79 Å². The van der Waals surface area contributed by atoms with Gasteiger partial charge in [0.05, 0.1) is 28.6 Å². The third-order valence-electron chi connectivity index (χ3n) is 6.14. The summed E-state index contributed by atoms with van der Waals surface area (Å²) in [6, 6.07) is 12.6. The highest BCUT2D eigenvalue weighted by molar-refractivity contribution is 7.17. The van der Waals surface area contributed by atoms with Crippen molar-refractivity contribution in [2.24, 2.45) is 7.05 Å². The smallest absolute Gasteiger partial charge is 0.270 e. The Hall–Kier alpha value is -3.03. The Kier molecular flexibility index (Phi) is 6.00. The van der Waals surface area contributed by atoms with Gasteiger partial charge >= 0.3 is 0 Å². The Labute approximate surface area is 197 Å². The molecule has 0 aliphatic carbocycles. The number of hydrogen-bond donors (Lipinski definition) is 1. The highest BCUT2D eigenvalue weighted by Crippen LogP contribution is 2.28. The molecule has 0 spiro atoms. The van der Waals surface area contributed by atoms with Gasteiger partial charge in [0, 0.05) is 24.8 Å². The van der Waals surface area contributed by atoms with Crippen LogP contribution in [-0.4, -0.2) is 38.9 Å². The number of benzene rings is 1.